The minimum absolute atomic E-state index is 0.0810. The molecule has 1 saturated heterocycles. The number of fused-ring (bicyclic) bond motifs is 1. The van der Waals surface area contributed by atoms with Gasteiger partial charge in [-0.2, -0.15) is 5.10 Å². The van der Waals surface area contributed by atoms with Crippen molar-refractivity contribution in [2.45, 2.75) is 33.1 Å². The molecule has 0 radical (unpaired) electrons. The van der Waals surface area contributed by atoms with Crippen molar-refractivity contribution in [3.8, 4) is 0 Å². The van der Waals surface area contributed by atoms with Gasteiger partial charge in [-0.3, -0.25) is 9.48 Å². The van der Waals surface area contributed by atoms with Gasteiger partial charge in [-0.15, -0.1) is 11.3 Å². The number of nitrogens with zero attached hydrogens (tertiary/aromatic N) is 7. The van der Waals surface area contributed by atoms with Crippen molar-refractivity contribution >= 4 is 34.1 Å². The Bertz CT molecular complexity index is 1020. The van der Waals surface area contributed by atoms with Gasteiger partial charge in [0.1, 0.15) is 16.5 Å². The summed E-state index contributed by atoms with van der Waals surface area (Å²) >= 11 is 1.43. The van der Waals surface area contributed by atoms with Crippen molar-refractivity contribution in [1.29, 1.82) is 0 Å². The minimum Gasteiger partial charge on any atom is -0.352 e. The topological polar surface area (TPSA) is 80.0 Å². The van der Waals surface area contributed by atoms with Gasteiger partial charge in [-0.1, -0.05) is 20.8 Å². The lowest BCUT2D eigenvalue weighted by atomic mass is 9.91. The first-order valence-corrected chi connectivity index (χ1v) is 10.3. The van der Waals surface area contributed by atoms with Gasteiger partial charge in [0.2, 0.25) is 0 Å². The van der Waals surface area contributed by atoms with Crippen LogP contribution in [-0.2, 0) is 12.5 Å². The third kappa shape index (κ3) is 3.23. The lowest BCUT2D eigenvalue weighted by Gasteiger charge is -2.35. The number of thiazole rings is 1. The van der Waals surface area contributed by atoms with Crippen LogP contribution in [0, 0.1) is 6.92 Å². The highest BCUT2D eigenvalue weighted by Crippen LogP contribution is 2.29. The Hall–Kier alpha value is -2.55. The molecule has 4 rings (SSSR count). The molecule has 3 aromatic rings. The predicted molar refractivity (Wildman–Crippen MR) is 110 cm³/mol. The van der Waals surface area contributed by atoms with E-state index in [9.17, 15) is 4.79 Å². The summed E-state index contributed by atoms with van der Waals surface area (Å²) in [4.78, 5) is 31.6. The van der Waals surface area contributed by atoms with Crippen LogP contribution in [-0.4, -0.2) is 61.7 Å². The molecule has 8 nitrogen and oxygen atoms in total. The molecule has 0 bridgehead atoms. The number of rotatable bonds is 2. The molecule has 1 aliphatic rings. The first kappa shape index (κ1) is 18.8. The average molecular weight is 400 g/mol. The number of piperazine rings is 1. The summed E-state index contributed by atoms with van der Waals surface area (Å²) in [5.74, 6) is 1.71. The summed E-state index contributed by atoms with van der Waals surface area (Å²) in [5, 5.41) is 5.27. The largest absolute Gasteiger partial charge is 0.352 e. The van der Waals surface area contributed by atoms with Crippen LogP contribution in [0.1, 0.15) is 42.0 Å². The van der Waals surface area contributed by atoms with Crippen molar-refractivity contribution in [3.05, 3.63) is 28.1 Å². The van der Waals surface area contributed by atoms with Gasteiger partial charge in [-0.25, -0.2) is 15.0 Å². The first-order chi connectivity index (χ1) is 13.3. The second kappa shape index (κ2) is 6.80. The van der Waals surface area contributed by atoms with Crippen molar-refractivity contribution in [3.63, 3.8) is 0 Å². The first-order valence-electron chi connectivity index (χ1n) is 9.40. The van der Waals surface area contributed by atoms with Gasteiger partial charge in [0.15, 0.2) is 5.65 Å². The third-order valence-corrected chi connectivity index (χ3v) is 5.84. The Kier molecular flexibility index (Phi) is 4.57. The van der Waals surface area contributed by atoms with Gasteiger partial charge >= 0.3 is 0 Å². The molecule has 0 saturated carbocycles. The SMILES string of the molecule is Cc1nc(N2CCN(C(=O)c3scnc3C(C)(C)C)CC2)c2cnn(C)c2n1. The fraction of sp³-hybridized carbons (Fsp3) is 0.526. The molecule has 1 amide bonds. The van der Waals surface area contributed by atoms with Crippen molar-refractivity contribution in [1.82, 2.24) is 29.6 Å². The van der Waals surface area contributed by atoms with E-state index in [0.717, 1.165) is 46.3 Å². The molecule has 0 spiro atoms. The summed E-state index contributed by atoms with van der Waals surface area (Å²) < 4.78 is 1.77. The van der Waals surface area contributed by atoms with Crippen LogP contribution in [0.4, 0.5) is 5.82 Å². The van der Waals surface area contributed by atoms with E-state index in [4.69, 9.17) is 0 Å². The second-order valence-corrected chi connectivity index (χ2v) is 9.01. The van der Waals surface area contributed by atoms with Gasteiger partial charge in [0, 0.05) is 38.6 Å². The maximum atomic E-state index is 13.1. The fourth-order valence-electron chi connectivity index (χ4n) is 3.55. The van der Waals surface area contributed by atoms with Crippen molar-refractivity contribution < 1.29 is 4.79 Å². The Morgan fingerprint density at radius 3 is 2.54 bits per heavy atom. The molecule has 4 heterocycles. The Balaban J connectivity index is 1.53. The van der Waals surface area contributed by atoms with Crippen molar-refractivity contribution in [2.75, 3.05) is 31.1 Å². The lowest BCUT2D eigenvalue weighted by Crippen LogP contribution is -2.49. The van der Waals surface area contributed by atoms with Gasteiger partial charge in [-0.05, 0) is 6.92 Å². The van der Waals surface area contributed by atoms with Gasteiger partial charge in [0.05, 0.1) is 22.8 Å². The second-order valence-electron chi connectivity index (χ2n) is 8.16. The van der Waals surface area contributed by atoms with E-state index in [-0.39, 0.29) is 11.3 Å². The zero-order valence-electron chi connectivity index (χ0n) is 16.9. The number of hydrogen-bond donors (Lipinski definition) is 0. The van der Waals surface area contributed by atoms with E-state index in [1.807, 2.05) is 25.1 Å². The molecule has 1 aliphatic heterocycles. The monoisotopic (exact) mass is 399 g/mol. The molecule has 1 fully saturated rings. The Morgan fingerprint density at radius 1 is 1.14 bits per heavy atom. The molecule has 0 atom stereocenters. The van der Waals surface area contributed by atoms with E-state index in [0.29, 0.717) is 13.1 Å². The summed E-state index contributed by atoms with van der Waals surface area (Å²) in [7, 11) is 1.89. The molecule has 0 N–H and O–H groups in total. The Labute approximate surface area is 168 Å². The number of amides is 1. The van der Waals surface area contributed by atoms with E-state index in [1.165, 1.54) is 11.3 Å². The zero-order valence-corrected chi connectivity index (χ0v) is 17.7. The van der Waals surface area contributed by atoms with Crippen LogP contribution in [0.15, 0.2) is 11.7 Å². The van der Waals surface area contributed by atoms with Crippen LogP contribution in [0.2, 0.25) is 0 Å². The fourth-order valence-corrected chi connectivity index (χ4v) is 4.52. The average Bonchev–Trinajstić information content (AvgIpc) is 3.28. The summed E-state index contributed by atoms with van der Waals surface area (Å²) in [6, 6.07) is 0. The molecular weight excluding hydrogens is 374 g/mol. The number of anilines is 1. The van der Waals surface area contributed by atoms with Crippen LogP contribution in [0.25, 0.3) is 11.0 Å². The quantitative estimate of drug-likeness (QED) is 0.658. The van der Waals surface area contributed by atoms with E-state index in [1.54, 1.807) is 10.2 Å². The van der Waals surface area contributed by atoms with E-state index >= 15 is 0 Å². The smallest absolute Gasteiger partial charge is 0.266 e. The number of aryl methyl sites for hydroxylation is 2. The zero-order chi connectivity index (χ0) is 20.1. The number of aromatic nitrogens is 5. The molecule has 3 aromatic heterocycles. The maximum Gasteiger partial charge on any atom is 0.266 e. The molecule has 0 unspecified atom stereocenters. The predicted octanol–water partition coefficient (Wildman–Crippen LogP) is 2.39. The summed E-state index contributed by atoms with van der Waals surface area (Å²) in [6.07, 6.45) is 1.81. The van der Waals surface area contributed by atoms with Gasteiger partial charge < -0.3 is 9.80 Å². The summed E-state index contributed by atoms with van der Waals surface area (Å²) in [5.41, 5.74) is 3.35. The van der Waals surface area contributed by atoms with Crippen LogP contribution in [0.5, 0.6) is 0 Å². The van der Waals surface area contributed by atoms with Crippen LogP contribution in [0.3, 0.4) is 0 Å². The van der Waals surface area contributed by atoms with Gasteiger partial charge in [0.25, 0.3) is 5.91 Å². The molecule has 0 aromatic carbocycles. The summed E-state index contributed by atoms with van der Waals surface area (Å²) in [6.45, 7) is 10.9. The van der Waals surface area contributed by atoms with E-state index < -0.39 is 0 Å². The minimum atomic E-state index is -0.142. The maximum absolute atomic E-state index is 13.1. The highest BCUT2D eigenvalue weighted by atomic mass is 32.1. The normalized spacial score (nSPS) is 15.5. The highest BCUT2D eigenvalue weighted by molar-refractivity contribution is 7.11. The van der Waals surface area contributed by atoms with Crippen LogP contribution < -0.4 is 4.90 Å². The number of carbonyl (C=O) groups excluding carboxylic acids is 1. The number of carbonyl (C=O) groups is 1. The third-order valence-electron chi connectivity index (χ3n) is 5.02. The molecule has 0 aliphatic carbocycles. The standard InChI is InChI=1S/C19H25N7OS/c1-12-22-16-13(10-21-24(16)5)17(23-12)25-6-8-26(9-7-25)18(27)14-15(19(2,3)4)20-11-28-14/h10-11H,6-9H2,1-5H3. The lowest BCUT2D eigenvalue weighted by molar-refractivity contribution is 0.0748. The highest BCUT2D eigenvalue weighted by Gasteiger charge is 2.30. The number of hydrogen-bond acceptors (Lipinski definition) is 7. The van der Waals surface area contributed by atoms with Crippen LogP contribution >= 0.6 is 11.3 Å². The molecular formula is C19H25N7OS. The Morgan fingerprint density at radius 2 is 1.86 bits per heavy atom. The molecule has 148 valence electrons. The molecule has 28 heavy (non-hydrogen) atoms. The molecule has 9 heteroatoms. The van der Waals surface area contributed by atoms with Crippen molar-refractivity contribution in [2.24, 2.45) is 7.05 Å². The van der Waals surface area contributed by atoms with E-state index in [2.05, 4.69) is 45.7 Å².